The minimum absolute atomic E-state index is 0.145. The number of hydrogen-bond acceptors (Lipinski definition) is 5. The number of nitrogens with zero attached hydrogens (tertiary/aromatic N) is 2. The van der Waals surface area contributed by atoms with E-state index in [4.69, 9.17) is 0 Å². The quantitative estimate of drug-likeness (QED) is 0.855. The van der Waals surface area contributed by atoms with Crippen molar-refractivity contribution in [1.82, 2.24) is 15.3 Å². The monoisotopic (exact) mass is 397 g/mol. The molecule has 4 heterocycles. The smallest absolute Gasteiger partial charge is 0.275 e. The molecule has 0 saturated carbocycles. The van der Waals surface area contributed by atoms with Crippen LogP contribution in [-0.2, 0) is 9.59 Å². The number of nitrogens with one attached hydrogen (secondary N) is 1. The third-order valence-corrected chi connectivity index (χ3v) is 6.67. The summed E-state index contributed by atoms with van der Waals surface area (Å²) in [6.07, 6.45) is 3.99. The van der Waals surface area contributed by atoms with Gasteiger partial charge in [0.15, 0.2) is 0 Å². The molecule has 0 spiro atoms. The second-order valence-corrected chi connectivity index (χ2v) is 8.69. The molecule has 2 aliphatic heterocycles. The number of thiophene rings is 2. The Morgan fingerprint density at radius 2 is 1.63 bits per heavy atom. The second-order valence-electron chi connectivity index (χ2n) is 6.29. The number of amides is 2. The van der Waals surface area contributed by atoms with Gasteiger partial charge in [0.1, 0.15) is 0 Å². The molecule has 0 aromatic carbocycles. The highest BCUT2D eigenvalue weighted by molar-refractivity contribution is 7.14. The maximum Gasteiger partial charge on any atom is 0.275 e. The van der Waals surface area contributed by atoms with E-state index in [0.29, 0.717) is 22.5 Å². The topological polar surface area (TPSA) is 52.7 Å². The van der Waals surface area contributed by atoms with Crippen LogP contribution < -0.4 is 5.43 Å². The number of hydrazine groups is 1. The lowest BCUT2D eigenvalue weighted by Gasteiger charge is -2.21. The molecular weight excluding hydrogens is 378 g/mol. The van der Waals surface area contributed by atoms with E-state index < -0.39 is 0 Å². The van der Waals surface area contributed by atoms with Gasteiger partial charge in [-0.2, -0.15) is 0 Å². The Bertz CT molecular complexity index is 1050. The molecule has 0 aliphatic carbocycles. The Morgan fingerprint density at radius 3 is 2.26 bits per heavy atom. The number of carbonyl (C=O) groups is 2. The van der Waals surface area contributed by atoms with Gasteiger partial charge in [0.2, 0.25) is 0 Å². The highest BCUT2D eigenvalue weighted by atomic mass is 32.1. The molecule has 7 heteroatoms. The zero-order valence-corrected chi connectivity index (χ0v) is 17.1. The van der Waals surface area contributed by atoms with Gasteiger partial charge in [-0.25, -0.2) is 10.4 Å². The normalized spacial score (nSPS) is 17.3. The Labute approximate surface area is 165 Å². The minimum Gasteiger partial charge on any atom is -0.309 e. The van der Waals surface area contributed by atoms with Gasteiger partial charge >= 0.3 is 0 Å². The van der Waals surface area contributed by atoms with Gasteiger partial charge in [-0.1, -0.05) is 6.08 Å². The predicted octanol–water partition coefficient (Wildman–Crippen LogP) is 3.72. The number of rotatable bonds is 4. The van der Waals surface area contributed by atoms with Crippen molar-refractivity contribution in [2.75, 3.05) is 14.1 Å². The third-order valence-electron chi connectivity index (χ3n) is 4.61. The summed E-state index contributed by atoms with van der Waals surface area (Å²) < 4.78 is 0. The molecular formula is C20H19N3O2S2. The van der Waals surface area contributed by atoms with Crippen LogP contribution in [0, 0.1) is 6.92 Å². The number of allylic oxidation sites excluding steroid dienone is 1. The molecule has 2 aromatic heterocycles. The number of likely N-dealkylation sites (N-methyl/N-ethyl adjacent to an activating group) is 1. The first kappa shape index (κ1) is 17.9. The van der Waals surface area contributed by atoms with Crippen LogP contribution in [0.1, 0.15) is 26.4 Å². The van der Waals surface area contributed by atoms with Crippen LogP contribution in [0.3, 0.4) is 0 Å². The molecule has 0 saturated heterocycles. The van der Waals surface area contributed by atoms with Gasteiger partial charge < -0.3 is 4.90 Å². The average Bonchev–Trinajstić information content (AvgIpc) is 3.38. The van der Waals surface area contributed by atoms with E-state index in [9.17, 15) is 9.59 Å². The number of carbonyl (C=O) groups excluding carboxylic acids is 2. The van der Waals surface area contributed by atoms with Crippen LogP contribution in [0.4, 0.5) is 0 Å². The van der Waals surface area contributed by atoms with Crippen LogP contribution in [-0.4, -0.2) is 35.8 Å². The Hall–Kier alpha value is -2.48. The first-order valence-electron chi connectivity index (χ1n) is 8.56. The number of hydrogen-bond donors (Lipinski definition) is 1. The van der Waals surface area contributed by atoms with Crippen molar-refractivity contribution in [3.05, 3.63) is 61.0 Å². The van der Waals surface area contributed by atoms with Gasteiger partial charge in [-0.3, -0.25) is 9.59 Å². The first-order chi connectivity index (χ1) is 13.0. The molecule has 138 valence electrons. The van der Waals surface area contributed by atoms with Crippen LogP contribution in [0.25, 0.3) is 17.5 Å². The maximum absolute atomic E-state index is 13.2. The van der Waals surface area contributed by atoms with Crippen molar-refractivity contribution < 1.29 is 9.59 Å². The van der Waals surface area contributed by atoms with Gasteiger partial charge in [0, 0.05) is 23.8 Å². The Morgan fingerprint density at radius 1 is 0.963 bits per heavy atom. The van der Waals surface area contributed by atoms with Gasteiger partial charge in [0.05, 0.1) is 32.3 Å². The van der Waals surface area contributed by atoms with E-state index in [2.05, 4.69) is 5.43 Å². The van der Waals surface area contributed by atoms with Crippen molar-refractivity contribution in [2.45, 2.75) is 13.8 Å². The summed E-state index contributed by atoms with van der Waals surface area (Å²) in [4.78, 5) is 31.9. The summed E-state index contributed by atoms with van der Waals surface area (Å²) >= 11 is 3.15. The second kappa shape index (κ2) is 6.60. The van der Waals surface area contributed by atoms with E-state index >= 15 is 0 Å². The van der Waals surface area contributed by atoms with Crippen LogP contribution in [0.15, 0.2) is 41.5 Å². The molecule has 5 nitrogen and oxygen atoms in total. The highest BCUT2D eigenvalue weighted by Crippen LogP contribution is 2.47. The van der Waals surface area contributed by atoms with E-state index in [1.807, 2.05) is 50.3 Å². The SMILES string of the molecule is C/C=C/c1ccc(C2=C3C(=O)N(C)C(c4ccc(C)s4)=C3C(=O)N2NC)s1. The lowest BCUT2D eigenvalue weighted by Crippen LogP contribution is -2.36. The van der Waals surface area contributed by atoms with Crippen LogP contribution in [0.5, 0.6) is 0 Å². The lowest BCUT2D eigenvalue weighted by atomic mass is 10.1. The fraction of sp³-hybridized carbons (Fsp3) is 0.200. The van der Waals surface area contributed by atoms with Crippen molar-refractivity contribution in [1.29, 1.82) is 0 Å². The van der Waals surface area contributed by atoms with E-state index in [1.165, 1.54) is 5.01 Å². The molecule has 1 N–H and O–H groups in total. The molecule has 2 amide bonds. The average molecular weight is 398 g/mol. The van der Waals surface area contributed by atoms with E-state index in [1.54, 1.807) is 41.7 Å². The van der Waals surface area contributed by atoms with Crippen molar-refractivity contribution in [3.63, 3.8) is 0 Å². The van der Waals surface area contributed by atoms with Gasteiger partial charge in [0.25, 0.3) is 11.8 Å². The predicted molar refractivity (Wildman–Crippen MR) is 111 cm³/mol. The van der Waals surface area contributed by atoms with Crippen molar-refractivity contribution in [2.24, 2.45) is 0 Å². The third kappa shape index (κ3) is 2.62. The molecule has 27 heavy (non-hydrogen) atoms. The number of fused-ring (bicyclic) bond motifs is 1. The Balaban J connectivity index is 1.96. The van der Waals surface area contributed by atoms with Crippen molar-refractivity contribution in [3.8, 4) is 0 Å². The minimum atomic E-state index is -0.192. The zero-order valence-electron chi connectivity index (χ0n) is 15.5. The molecule has 0 bridgehead atoms. The van der Waals surface area contributed by atoms with E-state index in [-0.39, 0.29) is 11.8 Å². The van der Waals surface area contributed by atoms with Gasteiger partial charge in [-0.15, -0.1) is 22.7 Å². The van der Waals surface area contributed by atoms with E-state index in [0.717, 1.165) is 19.5 Å². The van der Waals surface area contributed by atoms with Crippen LogP contribution >= 0.6 is 22.7 Å². The van der Waals surface area contributed by atoms with Crippen molar-refractivity contribution >= 4 is 52.0 Å². The molecule has 4 rings (SSSR count). The highest BCUT2D eigenvalue weighted by Gasteiger charge is 2.48. The summed E-state index contributed by atoms with van der Waals surface area (Å²) in [5.41, 5.74) is 5.25. The molecule has 0 unspecified atom stereocenters. The standard InChI is InChI=1S/C20H19N3O2S2/c1-5-6-12-8-10-14(27-12)18-16-15(20(25)23(18)21-3)17(22(4)19(16)24)13-9-7-11(2)26-13/h5-10,21H,1-4H3/b6-5+. The molecule has 0 fully saturated rings. The maximum atomic E-state index is 13.2. The van der Waals surface area contributed by atoms with Crippen LogP contribution in [0.2, 0.25) is 0 Å². The lowest BCUT2D eigenvalue weighted by molar-refractivity contribution is -0.125. The first-order valence-corrected chi connectivity index (χ1v) is 10.2. The summed E-state index contributed by atoms with van der Waals surface area (Å²) in [6, 6.07) is 7.94. The molecule has 0 radical (unpaired) electrons. The Kier molecular flexibility index (Phi) is 4.38. The summed E-state index contributed by atoms with van der Waals surface area (Å²) in [7, 11) is 3.43. The van der Waals surface area contributed by atoms with Gasteiger partial charge in [-0.05, 0) is 44.2 Å². The molecule has 0 atom stereocenters. The summed E-state index contributed by atoms with van der Waals surface area (Å²) in [5.74, 6) is -0.338. The molecule has 2 aliphatic rings. The zero-order chi connectivity index (χ0) is 19.3. The fourth-order valence-corrected chi connectivity index (χ4v) is 5.42. The summed E-state index contributed by atoms with van der Waals surface area (Å²) in [6.45, 7) is 3.98. The fourth-order valence-electron chi connectivity index (χ4n) is 3.45. The molecule has 2 aromatic rings. The largest absolute Gasteiger partial charge is 0.309 e. The summed E-state index contributed by atoms with van der Waals surface area (Å²) in [5, 5.41) is 1.49. The number of aryl methyl sites for hydroxylation is 1.